The van der Waals surface area contributed by atoms with Gasteiger partial charge < -0.3 is 20.3 Å². The van der Waals surface area contributed by atoms with E-state index in [1.807, 2.05) is 12.2 Å². The van der Waals surface area contributed by atoms with Crippen LogP contribution in [0.4, 0.5) is 0 Å². The second kappa shape index (κ2) is 42.7. The number of hydrogen-bond acceptors (Lipinski definition) is 5. The molecule has 3 unspecified atom stereocenters. The molecule has 0 heterocycles. The summed E-state index contributed by atoms with van der Waals surface area (Å²) in [4.78, 5) is 25.9. The Morgan fingerprint density at radius 2 is 0.945 bits per heavy atom. The summed E-state index contributed by atoms with van der Waals surface area (Å²) in [6.45, 7) is 6.30. The normalized spacial score (nSPS) is 13.9. The van der Waals surface area contributed by atoms with Gasteiger partial charge in [0.05, 0.1) is 25.2 Å². The molecule has 0 bridgehead atoms. The van der Waals surface area contributed by atoms with Crippen molar-refractivity contribution in [2.75, 3.05) is 6.61 Å². The van der Waals surface area contributed by atoms with Crippen molar-refractivity contribution in [1.82, 2.24) is 5.32 Å². The molecule has 1 amide bonds. The van der Waals surface area contributed by atoms with Gasteiger partial charge >= 0.3 is 5.97 Å². The standard InChI is InChI=1S/C49H87NO5/c1-4-7-10-13-16-19-21-23-24-25-26-29-31-34-37-40-45(55-49(54)42-39-36-33-28-18-15-12-9-6-3)43-48(53)50-46(44-51)47(52)41-38-35-32-30-27-22-20-17-14-11-8-5-2/h7,10,16,19,23-24,26,29,34,37,45-47,51-52H,4-6,8-9,11-15,17-18,20-22,25,27-28,30-33,35-36,38-44H2,1-3H3,(H,50,53)/b10-7-,19-16-,24-23-,29-26-,37-34-. The highest BCUT2D eigenvalue weighted by Gasteiger charge is 2.23. The SMILES string of the molecule is CC/C=C\C/C=C\C/C=C\C/C=C\C/C=C\CC(CC(=O)NC(CO)C(O)CCCCCCCCCCCCCC)OC(=O)CCCCCCCCCCC. The van der Waals surface area contributed by atoms with E-state index in [0.717, 1.165) is 70.6 Å². The lowest BCUT2D eigenvalue weighted by molar-refractivity contribution is -0.150. The van der Waals surface area contributed by atoms with E-state index < -0.39 is 18.2 Å². The van der Waals surface area contributed by atoms with E-state index in [1.165, 1.54) is 96.3 Å². The molecule has 0 fully saturated rings. The largest absolute Gasteiger partial charge is 0.461 e. The zero-order valence-electron chi connectivity index (χ0n) is 36.0. The van der Waals surface area contributed by atoms with Crippen LogP contribution in [-0.4, -0.2) is 46.9 Å². The predicted octanol–water partition coefficient (Wildman–Crippen LogP) is 13.3. The summed E-state index contributed by atoms with van der Waals surface area (Å²) < 4.78 is 5.82. The van der Waals surface area contributed by atoms with Crippen molar-refractivity contribution in [3.63, 3.8) is 0 Å². The molecular formula is C49H87NO5. The molecule has 0 saturated carbocycles. The van der Waals surface area contributed by atoms with Crippen LogP contribution >= 0.6 is 0 Å². The Labute approximate surface area is 339 Å². The van der Waals surface area contributed by atoms with E-state index in [0.29, 0.717) is 19.3 Å². The van der Waals surface area contributed by atoms with Crippen LogP contribution in [0.5, 0.6) is 0 Å². The third kappa shape index (κ3) is 38.2. The van der Waals surface area contributed by atoms with Crippen molar-refractivity contribution in [1.29, 1.82) is 0 Å². The maximum Gasteiger partial charge on any atom is 0.306 e. The van der Waals surface area contributed by atoms with Crippen molar-refractivity contribution >= 4 is 11.9 Å². The van der Waals surface area contributed by atoms with E-state index in [9.17, 15) is 19.8 Å². The van der Waals surface area contributed by atoms with Crippen LogP contribution < -0.4 is 5.32 Å². The molecule has 3 N–H and O–H groups in total. The first kappa shape index (κ1) is 52.6. The zero-order chi connectivity index (χ0) is 40.3. The van der Waals surface area contributed by atoms with Gasteiger partial charge in [0.25, 0.3) is 0 Å². The number of unbranched alkanes of at least 4 members (excludes halogenated alkanes) is 19. The third-order valence-corrected chi connectivity index (χ3v) is 10.1. The average Bonchev–Trinajstić information content (AvgIpc) is 3.18. The molecule has 0 aliphatic heterocycles. The molecule has 0 aliphatic rings. The predicted molar refractivity (Wildman–Crippen MR) is 236 cm³/mol. The fraction of sp³-hybridized carbons (Fsp3) is 0.755. The monoisotopic (exact) mass is 770 g/mol. The number of nitrogens with one attached hydrogen (secondary N) is 1. The first-order valence-corrected chi connectivity index (χ1v) is 23.0. The Kier molecular flexibility index (Phi) is 40.8. The molecule has 0 aliphatic carbocycles. The lowest BCUT2D eigenvalue weighted by atomic mass is 10.0. The molecule has 0 aromatic rings. The topological polar surface area (TPSA) is 95.9 Å². The van der Waals surface area contributed by atoms with Crippen molar-refractivity contribution in [3.05, 3.63) is 60.8 Å². The van der Waals surface area contributed by atoms with Crippen molar-refractivity contribution in [3.8, 4) is 0 Å². The first-order valence-electron chi connectivity index (χ1n) is 23.0. The van der Waals surface area contributed by atoms with Gasteiger partial charge in [-0.05, 0) is 44.9 Å². The third-order valence-electron chi connectivity index (χ3n) is 10.1. The maximum atomic E-state index is 13.1. The number of hydrogen-bond donors (Lipinski definition) is 3. The minimum atomic E-state index is -0.810. The molecule has 3 atom stereocenters. The van der Waals surface area contributed by atoms with Crippen LogP contribution in [0, 0.1) is 0 Å². The smallest absolute Gasteiger partial charge is 0.306 e. The molecule has 55 heavy (non-hydrogen) atoms. The van der Waals surface area contributed by atoms with Crippen molar-refractivity contribution in [2.24, 2.45) is 0 Å². The molecule has 6 nitrogen and oxygen atoms in total. The van der Waals surface area contributed by atoms with E-state index in [1.54, 1.807) is 0 Å². The van der Waals surface area contributed by atoms with Crippen molar-refractivity contribution < 1.29 is 24.5 Å². The molecule has 0 radical (unpaired) electrons. The Hall–Kier alpha value is -2.44. The van der Waals surface area contributed by atoms with Gasteiger partial charge in [-0.3, -0.25) is 9.59 Å². The van der Waals surface area contributed by atoms with Crippen LogP contribution in [0.3, 0.4) is 0 Å². The lowest BCUT2D eigenvalue weighted by Crippen LogP contribution is -2.46. The number of ether oxygens (including phenoxy) is 1. The number of carbonyl (C=O) groups excluding carboxylic acids is 2. The summed E-state index contributed by atoms with van der Waals surface area (Å²) >= 11 is 0. The number of esters is 1. The van der Waals surface area contributed by atoms with E-state index in [2.05, 4.69) is 74.7 Å². The lowest BCUT2D eigenvalue weighted by Gasteiger charge is -2.24. The molecule has 0 aromatic heterocycles. The van der Waals surface area contributed by atoms with Crippen LogP contribution in [0.15, 0.2) is 60.8 Å². The van der Waals surface area contributed by atoms with E-state index in [4.69, 9.17) is 4.74 Å². The van der Waals surface area contributed by atoms with Gasteiger partial charge in [0.15, 0.2) is 0 Å². The van der Waals surface area contributed by atoms with Crippen molar-refractivity contribution in [2.45, 2.75) is 232 Å². The number of aliphatic hydroxyl groups is 2. The summed E-state index contributed by atoms with van der Waals surface area (Å²) in [5.74, 6) is -0.583. The highest BCUT2D eigenvalue weighted by molar-refractivity contribution is 5.77. The molecular weight excluding hydrogens is 683 g/mol. The van der Waals surface area contributed by atoms with Gasteiger partial charge in [-0.15, -0.1) is 0 Å². The van der Waals surface area contributed by atoms with Gasteiger partial charge in [0, 0.05) is 12.8 Å². The van der Waals surface area contributed by atoms with Crippen LogP contribution in [0.1, 0.15) is 213 Å². The minimum Gasteiger partial charge on any atom is -0.461 e. The number of aliphatic hydroxyl groups excluding tert-OH is 2. The Morgan fingerprint density at radius 1 is 0.545 bits per heavy atom. The second-order valence-electron chi connectivity index (χ2n) is 15.4. The van der Waals surface area contributed by atoms with Gasteiger partial charge in [-0.1, -0.05) is 210 Å². The summed E-state index contributed by atoms with van der Waals surface area (Å²) in [5.41, 5.74) is 0. The quantitative estimate of drug-likeness (QED) is 0.0328. The Morgan fingerprint density at radius 3 is 1.38 bits per heavy atom. The molecule has 318 valence electrons. The number of rotatable bonds is 40. The summed E-state index contributed by atoms with van der Waals surface area (Å²) in [5, 5.41) is 23.6. The Bertz CT molecular complexity index is 999. The zero-order valence-corrected chi connectivity index (χ0v) is 36.0. The van der Waals surface area contributed by atoms with Gasteiger partial charge in [-0.2, -0.15) is 0 Å². The second-order valence-corrected chi connectivity index (χ2v) is 15.4. The molecule has 0 rings (SSSR count). The molecule has 0 aromatic carbocycles. The molecule has 0 saturated heterocycles. The van der Waals surface area contributed by atoms with Gasteiger partial charge in [0.2, 0.25) is 5.91 Å². The highest BCUT2D eigenvalue weighted by Crippen LogP contribution is 2.16. The maximum absolute atomic E-state index is 13.1. The van der Waals surface area contributed by atoms with Crippen LogP contribution in [-0.2, 0) is 14.3 Å². The molecule has 6 heteroatoms. The highest BCUT2D eigenvalue weighted by atomic mass is 16.5. The fourth-order valence-corrected chi connectivity index (χ4v) is 6.63. The number of amides is 1. The van der Waals surface area contributed by atoms with E-state index in [-0.39, 0.29) is 24.9 Å². The fourth-order valence-electron chi connectivity index (χ4n) is 6.63. The van der Waals surface area contributed by atoms with E-state index >= 15 is 0 Å². The summed E-state index contributed by atoms with van der Waals surface area (Å²) in [6.07, 6.45) is 51.5. The molecule has 0 spiro atoms. The van der Waals surface area contributed by atoms with Crippen LogP contribution in [0.25, 0.3) is 0 Å². The number of allylic oxidation sites excluding steroid dienone is 9. The van der Waals surface area contributed by atoms with Gasteiger partial charge in [0.1, 0.15) is 6.10 Å². The Balaban J connectivity index is 4.73. The minimum absolute atomic E-state index is 0.000362. The van der Waals surface area contributed by atoms with Crippen LogP contribution in [0.2, 0.25) is 0 Å². The number of carbonyl (C=O) groups is 2. The first-order chi connectivity index (χ1) is 27.0. The van der Waals surface area contributed by atoms with Gasteiger partial charge in [-0.25, -0.2) is 0 Å². The summed E-state index contributed by atoms with van der Waals surface area (Å²) in [7, 11) is 0. The summed E-state index contributed by atoms with van der Waals surface area (Å²) in [6, 6.07) is -0.729. The average molecular weight is 770 g/mol.